The van der Waals surface area contributed by atoms with Crippen LogP contribution in [0.2, 0.25) is 0 Å². The van der Waals surface area contributed by atoms with Crippen LogP contribution in [0.15, 0.2) is 28.6 Å². The molecule has 0 radical (unpaired) electrons. The molecule has 0 bridgehead atoms. The van der Waals surface area contributed by atoms with Crippen LogP contribution in [0.1, 0.15) is 26.7 Å². The number of anilines is 2. The Morgan fingerprint density at radius 1 is 1.41 bits per heavy atom. The molecular formula is C18H23FN4O3S3. The Morgan fingerprint density at radius 3 is 2.83 bits per heavy atom. The zero-order chi connectivity index (χ0) is 21.0. The lowest BCUT2D eigenvalue weighted by molar-refractivity contribution is -0.132. The van der Waals surface area contributed by atoms with Gasteiger partial charge in [0.05, 0.1) is 22.9 Å². The van der Waals surface area contributed by atoms with Crippen LogP contribution in [0.5, 0.6) is 0 Å². The van der Waals surface area contributed by atoms with Crippen molar-refractivity contribution in [1.29, 1.82) is 0 Å². The van der Waals surface area contributed by atoms with Gasteiger partial charge in [0.1, 0.15) is 5.82 Å². The van der Waals surface area contributed by atoms with Gasteiger partial charge in [0.25, 0.3) is 0 Å². The molecule has 1 N–H and O–H groups in total. The van der Waals surface area contributed by atoms with E-state index in [1.807, 2.05) is 13.8 Å². The number of nitrogens with zero attached hydrogens (tertiary/aromatic N) is 3. The van der Waals surface area contributed by atoms with Gasteiger partial charge in [-0.2, -0.15) is 0 Å². The lowest BCUT2D eigenvalue weighted by Crippen LogP contribution is -2.47. The summed E-state index contributed by atoms with van der Waals surface area (Å²) in [5.41, 5.74) is 0.307. The van der Waals surface area contributed by atoms with E-state index >= 15 is 0 Å². The van der Waals surface area contributed by atoms with Crippen molar-refractivity contribution in [2.75, 3.05) is 22.6 Å². The fraction of sp³-hybridized carbons (Fsp3) is 0.500. The van der Waals surface area contributed by atoms with E-state index in [1.54, 1.807) is 23.1 Å². The fourth-order valence-electron chi connectivity index (χ4n) is 3.20. The number of aromatic nitrogens is 2. The summed E-state index contributed by atoms with van der Waals surface area (Å²) in [6, 6.07) is 5.97. The van der Waals surface area contributed by atoms with E-state index in [9.17, 15) is 17.6 Å². The van der Waals surface area contributed by atoms with E-state index in [4.69, 9.17) is 0 Å². The molecule has 3 rings (SSSR count). The number of carbonyl (C=O) groups excluding carboxylic acids is 1. The first-order valence-electron chi connectivity index (χ1n) is 9.28. The second-order valence-electron chi connectivity index (χ2n) is 6.88. The van der Waals surface area contributed by atoms with Crippen LogP contribution in [0, 0.1) is 5.82 Å². The summed E-state index contributed by atoms with van der Waals surface area (Å²) >= 11 is 2.48. The summed E-state index contributed by atoms with van der Waals surface area (Å²) in [6.45, 7) is 3.92. The zero-order valence-electron chi connectivity index (χ0n) is 16.2. The molecule has 2 heterocycles. The number of carbonyl (C=O) groups is 1. The van der Waals surface area contributed by atoms with Crippen LogP contribution in [0.4, 0.5) is 15.2 Å². The van der Waals surface area contributed by atoms with Crippen molar-refractivity contribution in [3.8, 4) is 0 Å². The first kappa shape index (κ1) is 22.0. The lowest BCUT2D eigenvalue weighted by atomic mass is 10.1. The van der Waals surface area contributed by atoms with Gasteiger partial charge in [0, 0.05) is 12.1 Å². The van der Waals surface area contributed by atoms with Crippen molar-refractivity contribution in [3.05, 3.63) is 30.1 Å². The molecule has 1 aromatic carbocycles. The van der Waals surface area contributed by atoms with Gasteiger partial charge in [0.15, 0.2) is 14.2 Å². The molecule has 1 amide bonds. The number of nitrogens with one attached hydrogen (secondary N) is 1. The highest BCUT2D eigenvalue weighted by Gasteiger charge is 2.36. The quantitative estimate of drug-likeness (QED) is 0.607. The third-order valence-corrected chi connectivity index (χ3v) is 8.50. The Hall–Kier alpha value is -1.72. The molecule has 7 nitrogen and oxygen atoms in total. The molecule has 1 fully saturated rings. The minimum atomic E-state index is -3.07. The predicted molar refractivity (Wildman–Crippen MR) is 114 cm³/mol. The van der Waals surface area contributed by atoms with Crippen molar-refractivity contribution >= 4 is 49.7 Å². The molecule has 0 aliphatic carbocycles. The molecule has 1 aliphatic rings. The van der Waals surface area contributed by atoms with E-state index in [0.717, 1.165) is 6.42 Å². The molecular weight excluding hydrogens is 435 g/mol. The minimum Gasteiger partial charge on any atom is -0.335 e. The number of hydrogen-bond donors (Lipinski definition) is 1. The van der Waals surface area contributed by atoms with Crippen LogP contribution >= 0.6 is 23.1 Å². The molecule has 1 aromatic heterocycles. The lowest BCUT2D eigenvalue weighted by Gasteiger charge is -2.33. The summed E-state index contributed by atoms with van der Waals surface area (Å²) in [4.78, 5) is 14.6. The number of benzene rings is 1. The van der Waals surface area contributed by atoms with Gasteiger partial charge in [-0.05, 0) is 31.9 Å². The predicted octanol–water partition coefficient (Wildman–Crippen LogP) is 3.33. The summed E-state index contributed by atoms with van der Waals surface area (Å²) < 4.78 is 38.0. The Balaban J connectivity index is 1.61. The van der Waals surface area contributed by atoms with Gasteiger partial charge in [-0.3, -0.25) is 4.79 Å². The molecule has 29 heavy (non-hydrogen) atoms. The van der Waals surface area contributed by atoms with Crippen molar-refractivity contribution in [3.63, 3.8) is 0 Å². The monoisotopic (exact) mass is 458 g/mol. The van der Waals surface area contributed by atoms with Crippen LogP contribution in [0.3, 0.4) is 0 Å². The van der Waals surface area contributed by atoms with Gasteiger partial charge in [-0.1, -0.05) is 42.2 Å². The standard InChI is InChI=1S/C18H23FN4O3S3/c1-3-12(2)23(13-8-9-29(25,26)11-13)16(24)10-27-18-22-21-17(28-18)20-15-7-5-4-6-14(15)19/h4-7,12-13H,3,8-11H2,1-2H3,(H,20,21). The highest BCUT2D eigenvalue weighted by Crippen LogP contribution is 2.29. The molecule has 2 unspecified atom stereocenters. The number of halogens is 1. The second-order valence-corrected chi connectivity index (χ2v) is 11.3. The average molecular weight is 459 g/mol. The van der Waals surface area contributed by atoms with Crippen LogP contribution in [-0.4, -0.2) is 58.8 Å². The Morgan fingerprint density at radius 2 is 2.17 bits per heavy atom. The van der Waals surface area contributed by atoms with Gasteiger partial charge in [-0.25, -0.2) is 12.8 Å². The maximum Gasteiger partial charge on any atom is 0.233 e. The van der Waals surface area contributed by atoms with Crippen LogP contribution in [0.25, 0.3) is 0 Å². The number of para-hydroxylation sites is 1. The Labute approximate surface area is 178 Å². The highest BCUT2D eigenvalue weighted by atomic mass is 32.2. The molecule has 2 atom stereocenters. The van der Waals surface area contributed by atoms with E-state index in [2.05, 4.69) is 15.5 Å². The first-order valence-corrected chi connectivity index (χ1v) is 12.9. The first-order chi connectivity index (χ1) is 13.8. The number of sulfone groups is 1. The molecule has 2 aromatic rings. The number of amides is 1. The Bertz CT molecular complexity index is 967. The third kappa shape index (κ3) is 5.67. The van der Waals surface area contributed by atoms with Crippen LogP contribution < -0.4 is 5.32 Å². The van der Waals surface area contributed by atoms with Crippen molar-refractivity contribution < 1.29 is 17.6 Å². The summed E-state index contributed by atoms with van der Waals surface area (Å²) in [6.07, 6.45) is 1.24. The maximum atomic E-state index is 13.7. The average Bonchev–Trinajstić information content (AvgIpc) is 3.28. The van der Waals surface area contributed by atoms with E-state index in [1.165, 1.54) is 29.2 Å². The normalized spacial score (nSPS) is 19.1. The smallest absolute Gasteiger partial charge is 0.233 e. The fourth-order valence-corrected chi connectivity index (χ4v) is 6.54. The molecule has 1 saturated heterocycles. The van der Waals surface area contributed by atoms with E-state index < -0.39 is 9.84 Å². The van der Waals surface area contributed by atoms with Gasteiger partial charge >= 0.3 is 0 Å². The number of hydrogen-bond acceptors (Lipinski definition) is 8. The van der Waals surface area contributed by atoms with Gasteiger partial charge < -0.3 is 10.2 Å². The topological polar surface area (TPSA) is 92.3 Å². The van der Waals surface area contributed by atoms with Crippen LogP contribution in [-0.2, 0) is 14.6 Å². The highest BCUT2D eigenvalue weighted by molar-refractivity contribution is 8.01. The minimum absolute atomic E-state index is 0.0310. The Kier molecular flexibility index (Phi) is 7.12. The second kappa shape index (κ2) is 9.40. The molecule has 1 aliphatic heterocycles. The summed E-state index contributed by atoms with van der Waals surface area (Å²) in [5, 5.41) is 11.3. The SMILES string of the molecule is CCC(C)N(C(=O)CSc1nnc(Nc2ccccc2F)s1)C1CCS(=O)(=O)C1. The molecule has 11 heteroatoms. The zero-order valence-corrected chi connectivity index (χ0v) is 18.6. The molecule has 158 valence electrons. The van der Waals surface area contributed by atoms with Crippen molar-refractivity contribution in [2.45, 2.75) is 43.1 Å². The summed E-state index contributed by atoms with van der Waals surface area (Å²) in [7, 11) is -3.07. The molecule has 0 spiro atoms. The largest absolute Gasteiger partial charge is 0.335 e. The van der Waals surface area contributed by atoms with Crippen molar-refractivity contribution in [2.24, 2.45) is 0 Å². The van der Waals surface area contributed by atoms with Gasteiger partial charge in [0.2, 0.25) is 11.0 Å². The summed E-state index contributed by atoms with van der Waals surface area (Å²) in [5.74, 6) is -0.182. The van der Waals surface area contributed by atoms with E-state index in [0.29, 0.717) is 21.6 Å². The molecule has 0 saturated carbocycles. The van der Waals surface area contributed by atoms with Crippen molar-refractivity contribution in [1.82, 2.24) is 15.1 Å². The van der Waals surface area contributed by atoms with Gasteiger partial charge in [-0.15, -0.1) is 10.2 Å². The number of rotatable bonds is 8. The third-order valence-electron chi connectivity index (χ3n) is 4.80. The number of thioether (sulfide) groups is 1. The van der Waals surface area contributed by atoms with E-state index in [-0.39, 0.29) is 41.1 Å². The maximum absolute atomic E-state index is 13.7.